The third kappa shape index (κ3) is 5.03. The second kappa shape index (κ2) is 9.25. The molecule has 0 aliphatic carbocycles. The van der Waals surface area contributed by atoms with E-state index in [2.05, 4.69) is 88.3 Å². The molecule has 0 aromatic heterocycles. The first kappa shape index (κ1) is 21.1. The molecular weight excluding hydrogens is 276 g/mol. The van der Waals surface area contributed by atoms with Crippen LogP contribution in [0.25, 0.3) is 0 Å². The molecule has 0 aromatic carbocycles. The van der Waals surface area contributed by atoms with Gasteiger partial charge in [0.2, 0.25) is 0 Å². The van der Waals surface area contributed by atoms with Crippen LogP contribution in [-0.2, 0) is 0 Å². The van der Waals surface area contributed by atoms with E-state index in [1.165, 1.54) is 0 Å². The van der Waals surface area contributed by atoms with Crippen molar-refractivity contribution in [3.63, 3.8) is 0 Å². The van der Waals surface area contributed by atoms with Gasteiger partial charge in [-0.05, 0) is 13.1 Å². The number of hydrogen-bond donors (Lipinski definition) is 2. The van der Waals surface area contributed by atoms with E-state index in [4.69, 9.17) is 0 Å². The molecule has 0 aliphatic heterocycles. The normalized spacial score (nSPS) is 13.7. The lowest BCUT2D eigenvalue weighted by atomic mass is 10.3. The van der Waals surface area contributed by atoms with Gasteiger partial charge in [0.15, 0.2) is 0 Å². The highest BCUT2D eigenvalue weighted by Gasteiger charge is 2.50. The Labute approximate surface area is 135 Å². The lowest BCUT2D eigenvalue weighted by Gasteiger charge is -2.54. The summed E-state index contributed by atoms with van der Waals surface area (Å²) in [6, 6.07) is 2.04. The summed E-state index contributed by atoms with van der Waals surface area (Å²) < 4.78 is 5.39. The first-order valence-electron chi connectivity index (χ1n) is 8.72. The minimum atomic E-state index is -2.14. The van der Waals surface area contributed by atoms with Crippen molar-refractivity contribution in [1.82, 2.24) is 19.1 Å². The maximum Gasteiger partial charge on any atom is 0.372 e. The summed E-state index contributed by atoms with van der Waals surface area (Å²) in [5.41, 5.74) is 0. The lowest BCUT2D eigenvalue weighted by Crippen LogP contribution is -2.85. The fourth-order valence-electron chi connectivity index (χ4n) is 3.74. The molecule has 0 radical (unpaired) electrons. The van der Waals surface area contributed by atoms with Crippen molar-refractivity contribution < 1.29 is 0 Å². The zero-order valence-corrected chi connectivity index (χ0v) is 17.1. The molecule has 128 valence electrons. The number of nitrogens with zero attached hydrogens (tertiary/aromatic N) is 2. The molecule has 0 atom stereocenters. The molecule has 0 aliphatic rings. The SMILES string of the molecule is CCN[Si](NCC)(N(C(C)C)C(C)C)N(C(C)C)C(C)C. The van der Waals surface area contributed by atoms with Gasteiger partial charge in [-0.25, -0.2) is 0 Å². The van der Waals surface area contributed by atoms with Crippen molar-refractivity contribution in [2.45, 2.75) is 93.4 Å². The Hall–Kier alpha value is 0.0569. The average molecular weight is 317 g/mol. The zero-order chi connectivity index (χ0) is 16.8. The first-order chi connectivity index (χ1) is 9.65. The zero-order valence-electron chi connectivity index (χ0n) is 16.1. The molecule has 0 rings (SSSR count). The van der Waals surface area contributed by atoms with Gasteiger partial charge in [-0.2, -0.15) is 0 Å². The predicted molar refractivity (Wildman–Crippen MR) is 97.3 cm³/mol. The molecule has 0 spiro atoms. The van der Waals surface area contributed by atoms with Gasteiger partial charge in [0, 0.05) is 24.2 Å². The molecular formula is C16H40N4Si. The Bertz CT molecular complexity index is 235. The third-order valence-corrected chi connectivity index (χ3v) is 9.07. The molecule has 0 saturated heterocycles. The van der Waals surface area contributed by atoms with Crippen molar-refractivity contribution in [1.29, 1.82) is 0 Å². The lowest BCUT2D eigenvalue weighted by molar-refractivity contribution is 0.185. The van der Waals surface area contributed by atoms with Crippen LogP contribution in [0.4, 0.5) is 0 Å². The van der Waals surface area contributed by atoms with Crippen LogP contribution in [-0.4, -0.2) is 55.1 Å². The van der Waals surface area contributed by atoms with E-state index in [1.54, 1.807) is 0 Å². The van der Waals surface area contributed by atoms with Gasteiger partial charge in [-0.15, -0.1) is 0 Å². The summed E-state index contributed by atoms with van der Waals surface area (Å²) in [5.74, 6) is 0. The maximum absolute atomic E-state index is 3.90. The average Bonchev–Trinajstić information content (AvgIpc) is 2.26. The van der Waals surface area contributed by atoms with E-state index in [-0.39, 0.29) is 0 Å². The summed E-state index contributed by atoms with van der Waals surface area (Å²) in [6.07, 6.45) is 0. The van der Waals surface area contributed by atoms with E-state index in [1.807, 2.05) is 0 Å². The van der Waals surface area contributed by atoms with Gasteiger partial charge in [0.05, 0.1) is 0 Å². The van der Waals surface area contributed by atoms with Crippen LogP contribution < -0.4 is 9.96 Å². The van der Waals surface area contributed by atoms with E-state index in [0.29, 0.717) is 24.2 Å². The summed E-state index contributed by atoms with van der Waals surface area (Å²) in [4.78, 5) is 7.80. The molecule has 21 heavy (non-hydrogen) atoms. The van der Waals surface area contributed by atoms with Crippen LogP contribution in [0, 0.1) is 0 Å². The number of rotatable bonds is 10. The van der Waals surface area contributed by atoms with Crippen LogP contribution >= 0.6 is 0 Å². The smallest absolute Gasteiger partial charge is 0.301 e. The van der Waals surface area contributed by atoms with E-state index in [0.717, 1.165) is 13.1 Å². The summed E-state index contributed by atoms with van der Waals surface area (Å²) in [6.45, 7) is 24.9. The molecule has 2 N–H and O–H groups in total. The second-order valence-corrected chi connectivity index (χ2v) is 10.0. The van der Waals surface area contributed by atoms with Crippen LogP contribution in [0.3, 0.4) is 0 Å². The second-order valence-electron chi connectivity index (χ2n) is 6.92. The van der Waals surface area contributed by atoms with Gasteiger partial charge in [0.1, 0.15) is 0 Å². The van der Waals surface area contributed by atoms with E-state index in [9.17, 15) is 0 Å². The Morgan fingerprint density at radius 1 is 0.619 bits per heavy atom. The van der Waals surface area contributed by atoms with Gasteiger partial charge in [-0.1, -0.05) is 69.2 Å². The molecule has 0 bridgehead atoms. The molecule has 4 nitrogen and oxygen atoms in total. The molecule has 0 aromatic rings. The Balaban J connectivity index is 6.02. The summed E-state index contributed by atoms with van der Waals surface area (Å²) >= 11 is 0. The van der Waals surface area contributed by atoms with E-state index < -0.39 is 8.72 Å². The van der Waals surface area contributed by atoms with Crippen molar-refractivity contribution in [2.24, 2.45) is 0 Å². The highest BCUT2D eigenvalue weighted by molar-refractivity contribution is 6.69. The maximum atomic E-state index is 3.90. The standard InChI is InChI=1S/C16H40N4Si/c1-11-17-21(18-12-2,19(13(3)4)14(5)6)20(15(7)8)16(9)10/h13-18H,11-12H2,1-10H3. The minimum absolute atomic E-state index is 0.509. The number of nitrogens with one attached hydrogen (secondary N) is 2. The molecule has 0 heterocycles. The van der Waals surface area contributed by atoms with Gasteiger partial charge in [-0.3, -0.25) is 9.13 Å². The van der Waals surface area contributed by atoms with Crippen LogP contribution in [0.5, 0.6) is 0 Å². The highest BCUT2D eigenvalue weighted by Crippen LogP contribution is 2.22. The third-order valence-electron chi connectivity index (χ3n) is 3.82. The minimum Gasteiger partial charge on any atom is -0.301 e. The largest absolute Gasteiger partial charge is 0.372 e. The summed E-state index contributed by atoms with van der Waals surface area (Å²) in [7, 11) is -2.14. The van der Waals surface area contributed by atoms with Crippen molar-refractivity contribution in [2.75, 3.05) is 13.1 Å². The topological polar surface area (TPSA) is 30.5 Å². The van der Waals surface area contributed by atoms with Crippen molar-refractivity contribution in [3.8, 4) is 0 Å². The van der Waals surface area contributed by atoms with Gasteiger partial charge >= 0.3 is 8.72 Å². The monoisotopic (exact) mass is 316 g/mol. The van der Waals surface area contributed by atoms with Crippen molar-refractivity contribution in [3.05, 3.63) is 0 Å². The summed E-state index contributed by atoms with van der Waals surface area (Å²) in [5, 5.41) is 0. The van der Waals surface area contributed by atoms with E-state index >= 15 is 0 Å². The Morgan fingerprint density at radius 2 is 0.857 bits per heavy atom. The van der Waals surface area contributed by atoms with Crippen LogP contribution in [0.1, 0.15) is 69.2 Å². The highest BCUT2D eigenvalue weighted by atomic mass is 28.4. The van der Waals surface area contributed by atoms with Gasteiger partial charge < -0.3 is 9.96 Å². The van der Waals surface area contributed by atoms with Crippen molar-refractivity contribution >= 4 is 8.72 Å². The Morgan fingerprint density at radius 3 is 1.00 bits per heavy atom. The quantitative estimate of drug-likeness (QED) is 0.607. The molecule has 5 heteroatoms. The predicted octanol–water partition coefficient (Wildman–Crippen LogP) is 2.88. The molecule has 0 saturated carbocycles. The number of hydrogen-bond acceptors (Lipinski definition) is 4. The fraction of sp³-hybridized carbons (Fsp3) is 1.00. The van der Waals surface area contributed by atoms with Crippen LogP contribution in [0.15, 0.2) is 0 Å². The molecule has 0 fully saturated rings. The van der Waals surface area contributed by atoms with Gasteiger partial charge in [0.25, 0.3) is 0 Å². The first-order valence-corrected chi connectivity index (χ1v) is 10.6. The molecule has 0 unspecified atom stereocenters. The van der Waals surface area contributed by atoms with Crippen LogP contribution in [0.2, 0.25) is 0 Å². The molecule has 0 amide bonds. The fourth-order valence-corrected chi connectivity index (χ4v) is 8.84. The Kier molecular flexibility index (Phi) is 9.28.